The van der Waals surface area contributed by atoms with E-state index in [-0.39, 0.29) is 29.8 Å². The van der Waals surface area contributed by atoms with E-state index in [1.807, 2.05) is 0 Å². The lowest BCUT2D eigenvalue weighted by molar-refractivity contribution is -0.242. The van der Waals surface area contributed by atoms with Gasteiger partial charge in [0.1, 0.15) is 17.9 Å². The summed E-state index contributed by atoms with van der Waals surface area (Å²) < 4.78 is 16.8. The number of hydrogen-bond acceptors (Lipinski definition) is 11. The molecule has 0 aromatic carbocycles. The Bertz CT molecular complexity index is 871. The van der Waals surface area contributed by atoms with E-state index in [4.69, 9.17) is 19.9 Å². The smallest absolute Gasteiger partial charge is 0.307 e. The third kappa shape index (κ3) is 3.54. The van der Waals surface area contributed by atoms with Crippen molar-refractivity contribution < 1.29 is 34.0 Å². The number of aliphatic hydroxyl groups is 2. The lowest BCUT2D eigenvalue weighted by Gasteiger charge is -2.28. The number of imidazole rings is 1. The normalized spacial score (nSPS) is 26.1. The number of anilines is 1. The largest absolute Gasteiger partial charge is 0.433 e. The molecule has 12 nitrogen and oxygen atoms in total. The number of rotatable bonds is 5. The minimum Gasteiger partial charge on any atom is -0.433 e. The van der Waals surface area contributed by atoms with Crippen LogP contribution in [-0.4, -0.2) is 59.9 Å². The third-order valence-electron chi connectivity index (χ3n) is 4.00. The predicted molar refractivity (Wildman–Crippen MR) is 87.4 cm³/mol. The van der Waals surface area contributed by atoms with Gasteiger partial charge >= 0.3 is 11.9 Å². The zero-order chi connectivity index (χ0) is 19.8. The highest BCUT2D eigenvalue weighted by atomic mass is 16.7. The number of hydrogen-bond donors (Lipinski definition) is 3. The average molecular weight is 381 g/mol. The summed E-state index contributed by atoms with van der Waals surface area (Å²) in [5.74, 6) is -3.48. The van der Waals surface area contributed by atoms with Gasteiger partial charge < -0.3 is 30.2 Å². The molecule has 27 heavy (non-hydrogen) atoms. The van der Waals surface area contributed by atoms with Gasteiger partial charge in [-0.25, -0.2) is 15.0 Å². The maximum Gasteiger partial charge on any atom is 0.307 e. The SMILES string of the molecule is CCC(=O)OC(O)[C@@H]1C[C@](O)(OC(C)=O)[C@H](n2cnc3c(N)ncnc32)O1. The van der Waals surface area contributed by atoms with Crippen molar-refractivity contribution in [2.24, 2.45) is 0 Å². The lowest BCUT2D eigenvalue weighted by atomic mass is 10.1. The van der Waals surface area contributed by atoms with Crippen LogP contribution in [-0.2, 0) is 23.8 Å². The van der Waals surface area contributed by atoms with E-state index in [0.29, 0.717) is 0 Å². The Morgan fingerprint density at radius 3 is 2.89 bits per heavy atom. The molecule has 0 radical (unpaired) electrons. The molecule has 0 aliphatic carbocycles. The highest BCUT2D eigenvalue weighted by Gasteiger charge is 2.54. The van der Waals surface area contributed by atoms with Crippen molar-refractivity contribution in [1.82, 2.24) is 19.5 Å². The molecule has 1 aliphatic rings. The standard InChI is InChI=1S/C15H19N5O7/c1-3-9(22)26-13(23)8-4-15(24,27-7(2)21)14(25-8)20-6-19-10-11(16)17-5-18-12(10)20/h5-6,8,13-14,23-24H,3-4H2,1-2H3,(H2,16,17,18)/t8-,13?,14+,15-/m0/s1. The summed E-state index contributed by atoms with van der Waals surface area (Å²) in [6.07, 6.45) is -1.97. The molecule has 146 valence electrons. The van der Waals surface area contributed by atoms with E-state index >= 15 is 0 Å². The Morgan fingerprint density at radius 1 is 1.48 bits per heavy atom. The first-order valence-corrected chi connectivity index (χ1v) is 8.13. The molecule has 0 bridgehead atoms. The zero-order valence-electron chi connectivity index (χ0n) is 14.6. The summed E-state index contributed by atoms with van der Waals surface area (Å²) in [6.45, 7) is 2.67. The first-order chi connectivity index (χ1) is 12.7. The van der Waals surface area contributed by atoms with E-state index in [0.717, 1.165) is 6.92 Å². The topological polar surface area (TPSA) is 172 Å². The molecule has 0 amide bonds. The number of nitrogen functional groups attached to an aromatic ring is 1. The summed E-state index contributed by atoms with van der Waals surface area (Å²) in [4.78, 5) is 34.8. The van der Waals surface area contributed by atoms with E-state index in [9.17, 15) is 19.8 Å². The number of ether oxygens (including phenoxy) is 3. The van der Waals surface area contributed by atoms with E-state index in [2.05, 4.69) is 15.0 Å². The first-order valence-electron chi connectivity index (χ1n) is 8.13. The van der Waals surface area contributed by atoms with Gasteiger partial charge in [0, 0.05) is 13.3 Å². The van der Waals surface area contributed by atoms with Gasteiger partial charge in [-0.2, -0.15) is 0 Å². The summed E-state index contributed by atoms with van der Waals surface area (Å²) in [5, 5.41) is 21.0. The molecule has 0 saturated carbocycles. The second-order valence-corrected chi connectivity index (χ2v) is 5.99. The molecule has 4 atom stereocenters. The number of aliphatic hydroxyl groups excluding tert-OH is 1. The van der Waals surface area contributed by atoms with Crippen LogP contribution in [0.25, 0.3) is 11.2 Å². The number of nitrogens with zero attached hydrogens (tertiary/aromatic N) is 4. The van der Waals surface area contributed by atoms with E-state index in [1.165, 1.54) is 17.2 Å². The molecule has 0 spiro atoms. The van der Waals surface area contributed by atoms with Gasteiger partial charge in [-0.3, -0.25) is 14.2 Å². The minimum absolute atomic E-state index is 0.0454. The van der Waals surface area contributed by atoms with Crippen LogP contribution >= 0.6 is 0 Å². The van der Waals surface area contributed by atoms with Gasteiger partial charge in [-0.05, 0) is 0 Å². The first kappa shape index (κ1) is 18.9. The Labute approximate surface area is 152 Å². The van der Waals surface area contributed by atoms with Crippen molar-refractivity contribution in [3.63, 3.8) is 0 Å². The van der Waals surface area contributed by atoms with Crippen LogP contribution in [0.2, 0.25) is 0 Å². The Balaban J connectivity index is 1.96. The maximum absolute atomic E-state index is 11.5. The van der Waals surface area contributed by atoms with Crippen LogP contribution in [0.4, 0.5) is 5.82 Å². The molecule has 3 heterocycles. The minimum atomic E-state index is -2.16. The lowest BCUT2D eigenvalue weighted by Crippen LogP contribution is -2.40. The molecular weight excluding hydrogens is 362 g/mol. The van der Waals surface area contributed by atoms with Crippen molar-refractivity contribution in [3.05, 3.63) is 12.7 Å². The number of carbonyl (C=O) groups excluding carboxylic acids is 2. The highest BCUT2D eigenvalue weighted by molar-refractivity contribution is 5.81. The quantitative estimate of drug-likeness (QED) is 0.438. The second kappa shape index (κ2) is 7.06. The van der Waals surface area contributed by atoms with Gasteiger partial charge in [-0.15, -0.1) is 0 Å². The summed E-state index contributed by atoms with van der Waals surface area (Å²) in [7, 11) is 0. The van der Waals surface area contributed by atoms with E-state index in [1.54, 1.807) is 6.92 Å². The fourth-order valence-corrected chi connectivity index (χ4v) is 2.84. The fourth-order valence-electron chi connectivity index (χ4n) is 2.84. The third-order valence-corrected chi connectivity index (χ3v) is 4.00. The van der Waals surface area contributed by atoms with Gasteiger partial charge in [0.15, 0.2) is 11.5 Å². The van der Waals surface area contributed by atoms with Crippen LogP contribution in [0.1, 0.15) is 32.9 Å². The molecule has 4 N–H and O–H groups in total. The maximum atomic E-state index is 11.5. The fraction of sp³-hybridized carbons (Fsp3) is 0.533. The Hall–Kier alpha value is -2.83. The van der Waals surface area contributed by atoms with Crippen molar-refractivity contribution in [1.29, 1.82) is 0 Å². The monoisotopic (exact) mass is 381 g/mol. The molecule has 2 aromatic rings. The van der Waals surface area contributed by atoms with Crippen LogP contribution in [0.3, 0.4) is 0 Å². The number of aromatic nitrogens is 4. The van der Waals surface area contributed by atoms with Crippen molar-refractivity contribution in [2.75, 3.05) is 5.73 Å². The number of esters is 2. The molecule has 1 saturated heterocycles. The molecule has 1 fully saturated rings. The highest BCUT2D eigenvalue weighted by Crippen LogP contribution is 2.41. The van der Waals surface area contributed by atoms with Crippen LogP contribution in [0.5, 0.6) is 0 Å². The number of nitrogens with two attached hydrogens (primary N) is 1. The van der Waals surface area contributed by atoms with Crippen LogP contribution < -0.4 is 5.73 Å². The molecule has 12 heteroatoms. The Kier molecular flexibility index (Phi) is 4.95. The molecule has 1 unspecified atom stereocenters. The predicted octanol–water partition coefficient (Wildman–Crippen LogP) is -0.781. The van der Waals surface area contributed by atoms with Crippen molar-refractivity contribution >= 4 is 28.9 Å². The average Bonchev–Trinajstić information content (AvgIpc) is 3.16. The van der Waals surface area contributed by atoms with Crippen LogP contribution in [0.15, 0.2) is 12.7 Å². The van der Waals surface area contributed by atoms with Gasteiger partial charge in [0.05, 0.1) is 12.7 Å². The number of fused-ring (bicyclic) bond motifs is 1. The van der Waals surface area contributed by atoms with Gasteiger partial charge in [0.25, 0.3) is 5.79 Å². The summed E-state index contributed by atoms with van der Waals surface area (Å²) in [6, 6.07) is 0. The second-order valence-electron chi connectivity index (χ2n) is 5.99. The van der Waals surface area contributed by atoms with Gasteiger partial charge in [-0.1, -0.05) is 6.92 Å². The summed E-state index contributed by atoms with van der Waals surface area (Å²) in [5.41, 5.74) is 6.23. The van der Waals surface area contributed by atoms with Crippen molar-refractivity contribution in [3.8, 4) is 0 Å². The zero-order valence-corrected chi connectivity index (χ0v) is 14.6. The van der Waals surface area contributed by atoms with Crippen LogP contribution in [0, 0.1) is 0 Å². The Morgan fingerprint density at radius 2 is 2.22 bits per heavy atom. The van der Waals surface area contributed by atoms with E-state index < -0.39 is 36.3 Å². The van der Waals surface area contributed by atoms with Gasteiger partial charge in [0.2, 0.25) is 12.5 Å². The van der Waals surface area contributed by atoms with Crippen molar-refractivity contribution in [2.45, 2.75) is 51.1 Å². The molecule has 2 aromatic heterocycles. The molecular formula is C15H19N5O7. The molecule has 1 aliphatic heterocycles. The summed E-state index contributed by atoms with van der Waals surface area (Å²) >= 11 is 0. The molecule has 3 rings (SSSR count). The number of carbonyl (C=O) groups is 2.